The van der Waals surface area contributed by atoms with Gasteiger partial charge in [-0.3, -0.25) is 9.59 Å². The van der Waals surface area contributed by atoms with Crippen LogP contribution in [-0.2, 0) is 9.59 Å². The van der Waals surface area contributed by atoms with Gasteiger partial charge in [-0.05, 0) is 31.0 Å². The summed E-state index contributed by atoms with van der Waals surface area (Å²) in [4.78, 5) is 26.0. The smallest absolute Gasteiger partial charge is 0.240 e. The molecule has 1 aromatic rings. The topological polar surface area (TPSA) is 63.4 Å². The van der Waals surface area contributed by atoms with Gasteiger partial charge in [0.2, 0.25) is 11.8 Å². The fourth-order valence-corrected chi connectivity index (χ4v) is 3.29. The van der Waals surface area contributed by atoms with Gasteiger partial charge in [0.15, 0.2) is 0 Å². The molecule has 0 aromatic heterocycles. The first kappa shape index (κ1) is 12.5. The molecule has 1 aromatic carbocycles. The summed E-state index contributed by atoms with van der Waals surface area (Å²) in [5, 5.41) is 0.429. The van der Waals surface area contributed by atoms with Crippen LogP contribution in [0.1, 0.15) is 32.1 Å². The normalized spacial score (nSPS) is 21.6. The van der Waals surface area contributed by atoms with E-state index < -0.39 is 5.41 Å². The summed E-state index contributed by atoms with van der Waals surface area (Å²) < 4.78 is 0. The SMILES string of the molecule is Nc1cc(N2C(=O)CC3(CCCC3)C2=O)ccc1Cl. The number of nitrogen functional groups attached to an aromatic ring is 1. The predicted octanol–water partition coefficient (Wildman–Crippen LogP) is 2.75. The zero-order valence-corrected chi connectivity index (χ0v) is 11.2. The third-order valence-electron chi connectivity index (χ3n) is 4.19. The molecule has 2 fully saturated rings. The Labute approximate surface area is 116 Å². The molecule has 3 rings (SSSR count). The summed E-state index contributed by atoms with van der Waals surface area (Å²) in [5.74, 6) is -0.203. The summed E-state index contributed by atoms with van der Waals surface area (Å²) in [6, 6.07) is 4.88. The van der Waals surface area contributed by atoms with Crippen molar-refractivity contribution in [3.63, 3.8) is 0 Å². The van der Waals surface area contributed by atoms with E-state index in [1.54, 1.807) is 18.2 Å². The number of anilines is 2. The van der Waals surface area contributed by atoms with Gasteiger partial charge in [-0.2, -0.15) is 0 Å². The second kappa shape index (κ2) is 4.23. The van der Waals surface area contributed by atoms with Gasteiger partial charge in [0.1, 0.15) is 0 Å². The lowest BCUT2D eigenvalue weighted by molar-refractivity contribution is -0.125. The van der Waals surface area contributed by atoms with Gasteiger partial charge in [-0.15, -0.1) is 0 Å². The van der Waals surface area contributed by atoms with E-state index >= 15 is 0 Å². The molecule has 1 saturated heterocycles. The first-order chi connectivity index (χ1) is 9.03. The molecule has 4 nitrogen and oxygen atoms in total. The Hall–Kier alpha value is -1.55. The van der Waals surface area contributed by atoms with E-state index in [2.05, 4.69) is 0 Å². The molecule has 0 atom stereocenters. The van der Waals surface area contributed by atoms with E-state index in [0.29, 0.717) is 22.8 Å². The standard InChI is InChI=1S/C14H15ClN2O2/c15-10-4-3-9(7-11(10)16)17-12(18)8-14(13(17)19)5-1-2-6-14/h3-4,7H,1-2,5-6,8,16H2. The molecule has 1 aliphatic carbocycles. The number of rotatable bonds is 1. The summed E-state index contributed by atoms with van der Waals surface area (Å²) in [7, 11) is 0. The highest BCUT2D eigenvalue weighted by atomic mass is 35.5. The van der Waals surface area contributed by atoms with Crippen LogP contribution in [0.4, 0.5) is 11.4 Å². The summed E-state index contributed by atoms with van der Waals surface area (Å²) in [6.07, 6.45) is 4.01. The van der Waals surface area contributed by atoms with Gasteiger partial charge in [0, 0.05) is 6.42 Å². The third-order valence-corrected chi connectivity index (χ3v) is 4.54. The maximum atomic E-state index is 12.6. The first-order valence-electron chi connectivity index (χ1n) is 6.46. The van der Waals surface area contributed by atoms with Crippen molar-refractivity contribution in [3.8, 4) is 0 Å². The van der Waals surface area contributed by atoms with Crippen LogP contribution in [0.3, 0.4) is 0 Å². The van der Waals surface area contributed by atoms with Crippen LogP contribution in [0.5, 0.6) is 0 Å². The quantitative estimate of drug-likeness (QED) is 0.635. The second-order valence-electron chi connectivity index (χ2n) is 5.40. The van der Waals surface area contributed by atoms with E-state index in [9.17, 15) is 9.59 Å². The van der Waals surface area contributed by atoms with Crippen molar-refractivity contribution in [2.75, 3.05) is 10.6 Å². The highest BCUT2D eigenvalue weighted by molar-refractivity contribution is 6.33. The minimum Gasteiger partial charge on any atom is -0.397 e. The lowest BCUT2D eigenvalue weighted by Crippen LogP contribution is -2.34. The molecule has 1 aliphatic heterocycles. The fraction of sp³-hybridized carbons (Fsp3) is 0.429. The average Bonchev–Trinajstić information content (AvgIpc) is 2.91. The van der Waals surface area contributed by atoms with Crippen LogP contribution in [0.25, 0.3) is 0 Å². The Kier molecular flexibility index (Phi) is 2.78. The van der Waals surface area contributed by atoms with E-state index in [1.807, 2.05) is 0 Å². The number of carbonyl (C=O) groups excluding carboxylic acids is 2. The molecule has 1 spiro atoms. The molecule has 2 aliphatic rings. The molecule has 19 heavy (non-hydrogen) atoms. The van der Waals surface area contributed by atoms with Gasteiger partial charge >= 0.3 is 0 Å². The minimum absolute atomic E-state index is 0.0725. The Morgan fingerprint density at radius 2 is 1.89 bits per heavy atom. The Bertz CT molecular complexity index is 565. The fourth-order valence-electron chi connectivity index (χ4n) is 3.17. The minimum atomic E-state index is -0.453. The molecule has 0 radical (unpaired) electrons. The third kappa shape index (κ3) is 1.82. The lowest BCUT2D eigenvalue weighted by Gasteiger charge is -2.21. The number of nitrogens with zero attached hydrogens (tertiary/aromatic N) is 1. The molecule has 100 valence electrons. The molecule has 2 N–H and O–H groups in total. The van der Waals surface area contributed by atoms with Crippen molar-refractivity contribution < 1.29 is 9.59 Å². The maximum absolute atomic E-state index is 12.6. The Balaban J connectivity index is 1.98. The largest absolute Gasteiger partial charge is 0.397 e. The number of halogens is 1. The number of hydrogen-bond acceptors (Lipinski definition) is 3. The van der Waals surface area contributed by atoms with Crippen LogP contribution in [-0.4, -0.2) is 11.8 Å². The van der Waals surface area contributed by atoms with Crippen LogP contribution in [0.15, 0.2) is 18.2 Å². The van der Waals surface area contributed by atoms with Crippen molar-refractivity contribution in [2.45, 2.75) is 32.1 Å². The van der Waals surface area contributed by atoms with Crippen molar-refractivity contribution in [2.24, 2.45) is 5.41 Å². The molecule has 5 heteroatoms. The molecule has 0 unspecified atom stereocenters. The maximum Gasteiger partial charge on any atom is 0.240 e. The number of hydrogen-bond donors (Lipinski definition) is 1. The summed E-state index contributed by atoms with van der Waals surface area (Å²) in [5.41, 5.74) is 6.20. The zero-order chi connectivity index (χ0) is 13.6. The Morgan fingerprint density at radius 3 is 2.53 bits per heavy atom. The molecule has 2 amide bonds. The van der Waals surface area contributed by atoms with Gasteiger partial charge in [0.05, 0.1) is 21.8 Å². The molecular formula is C14H15ClN2O2. The van der Waals surface area contributed by atoms with Gasteiger partial charge < -0.3 is 5.73 Å². The van der Waals surface area contributed by atoms with Gasteiger partial charge in [0.25, 0.3) is 0 Å². The number of carbonyl (C=O) groups is 2. The first-order valence-corrected chi connectivity index (χ1v) is 6.84. The van der Waals surface area contributed by atoms with Crippen LogP contribution < -0.4 is 10.6 Å². The van der Waals surface area contributed by atoms with Crippen LogP contribution >= 0.6 is 11.6 Å². The van der Waals surface area contributed by atoms with Crippen molar-refractivity contribution in [3.05, 3.63) is 23.2 Å². The van der Waals surface area contributed by atoms with Gasteiger partial charge in [-0.1, -0.05) is 24.4 Å². The second-order valence-corrected chi connectivity index (χ2v) is 5.81. The zero-order valence-electron chi connectivity index (χ0n) is 10.5. The average molecular weight is 279 g/mol. The van der Waals surface area contributed by atoms with E-state index in [-0.39, 0.29) is 11.8 Å². The lowest BCUT2D eigenvalue weighted by atomic mass is 9.84. The molecule has 0 bridgehead atoms. The predicted molar refractivity (Wildman–Crippen MR) is 73.9 cm³/mol. The van der Waals surface area contributed by atoms with Crippen molar-refractivity contribution in [1.82, 2.24) is 0 Å². The van der Waals surface area contributed by atoms with E-state index in [0.717, 1.165) is 25.7 Å². The van der Waals surface area contributed by atoms with Crippen LogP contribution in [0.2, 0.25) is 5.02 Å². The van der Waals surface area contributed by atoms with Crippen molar-refractivity contribution >= 4 is 34.8 Å². The van der Waals surface area contributed by atoms with E-state index in [4.69, 9.17) is 17.3 Å². The monoisotopic (exact) mass is 278 g/mol. The van der Waals surface area contributed by atoms with E-state index in [1.165, 1.54) is 4.90 Å². The summed E-state index contributed by atoms with van der Waals surface area (Å²) in [6.45, 7) is 0. The number of benzene rings is 1. The molecule has 1 saturated carbocycles. The number of imide groups is 1. The van der Waals surface area contributed by atoms with Crippen molar-refractivity contribution in [1.29, 1.82) is 0 Å². The molecule has 1 heterocycles. The Morgan fingerprint density at radius 1 is 1.21 bits per heavy atom. The highest BCUT2D eigenvalue weighted by Crippen LogP contribution is 2.48. The molecular weight excluding hydrogens is 264 g/mol. The number of nitrogens with two attached hydrogens (primary N) is 1. The van der Waals surface area contributed by atoms with Gasteiger partial charge in [-0.25, -0.2) is 4.90 Å². The number of amides is 2. The van der Waals surface area contributed by atoms with Crippen LogP contribution in [0, 0.1) is 5.41 Å². The highest BCUT2D eigenvalue weighted by Gasteiger charge is 2.53. The summed E-state index contributed by atoms with van der Waals surface area (Å²) >= 11 is 5.87.